The van der Waals surface area contributed by atoms with Crippen molar-refractivity contribution in [2.24, 2.45) is 0 Å². The smallest absolute Gasteiger partial charge is 0.417 e. The lowest BCUT2D eigenvalue weighted by Gasteiger charge is -2.40. The number of benzene rings is 1. The van der Waals surface area contributed by atoms with E-state index in [4.69, 9.17) is 4.74 Å². The number of allylic oxidation sites excluding steroid dienone is 1. The molecule has 0 N–H and O–H groups in total. The first-order valence-corrected chi connectivity index (χ1v) is 10.4. The van der Waals surface area contributed by atoms with Crippen LogP contribution in [-0.2, 0) is 18.8 Å². The summed E-state index contributed by atoms with van der Waals surface area (Å²) < 4.78 is 83.8. The Morgan fingerprint density at radius 2 is 1.59 bits per heavy atom. The number of aromatic nitrogens is 1. The van der Waals surface area contributed by atoms with Gasteiger partial charge < -0.3 is 9.64 Å². The van der Waals surface area contributed by atoms with E-state index in [1.54, 1.807) is 0 Å². The van der Waals surface area contributed by atoms with Crippen LogP contribution in [0.5, 0.6) is 5.75 Å². The number of rotatable bonds is 5. The van der Waals surface area contributed by atoms with Gasteiger partial charge in [0, 0.05) is 31.1 Å². The second-order valence-electron chi connectivity index (χ2n) is 8.22. The molecule has 1 aromatic heterocycles. The van der Waals surface area contributed by atoms with Gasteiger partial charge in [-0.2, -0.15) is 26.3 Å². The molecule has 3 atom stereocenters. The fourth-order valence-corrected chi connectivity index (χ4v) is 4.67. The Balaban J connectivity index is 1.49. The summed E-state index contributed by atoms with van der Waals surface area (Å²) in [6, 6.07) is 6.00. The van der Waals surface area contributed by atoms with E-state index in [1.165, 1.54) is 18.2 Å². The quantitative estimate of drug-likeness (QED) is 0.383. The number of ether oxygens (including phenoxy) is 1. The van der Waals surface area contributed by atoms with Crippen molar-refractivity contribution in [1.29, 1.82) is 0 Å². The number of hydrogen-bond acceptors (Lipinski definition) is 3. The lowest BCUT2D eigenvalue weighted by molar-refractivity contribution is -0.138. The van der Waals surface area contributed by atoms with Crippen molar-refractivity contribution in [3.8, 4) is 5.75 Å². The maximum Gasteiger partial charge on any atom is 0.417 e. The van der Waals surface area contributed by atoms with E-state index in [-0.39, 0.29) is 24.6 Å². The summed E-state index contributed by atoms with van der Waals surface area (Å²) in [6.07, 6.45) is -3.48. The highest BCUT2D eigenvalue weighted by Crippen LogP contribution is 2.41. The molecule has 3 nitrogen and oxygen atoms in total. The molecule has 1 aromatic carbocycles. The van der Waals surface area contributed by atoms with Crippen LogP contribution in [0.2, 0.25) is 0 Å². The number of halogens is 6. The van der Waals surface area contributed by atoms with Gasteiger partial charge in [0.25, 0.3) is 0 Å². The van der Waals surface area contributed by atoms with Crippen LogP contribution in [-0.4, -0.2) is 23.2 Å². The molecule has 0 spiro atoms. The van der Waals surface area contributed by atoms with Crippen LogP contribution >= 0.6 is 0 Å². The third-order valence-corrected chi connectivity index (χ3v) is 6.08. The topological polar surface area (TPSA) is 25.4 Å². The molecule has 0 amide bonds. The maximum atomic E-state index is 13.1. The first-order chi connectivity index (χ1) is 15.1. The average Bonchev–Trinajstić information content (AvgIpc) is 2.98. The molecule has 2 aliphatic rings. The molecule has 2 aliphatic heterocycles. The molecule has 2 aromatic rings. The van der Waals surface area contributed by atoms with E-state index in [2.05, 4.69) is 16.5 Å². The number of piperidine rings is 1. The van der Waals surface area contributed by atoms with Crippen molar-refractivity contribution in [2.45, 2.75) is 62.6 Å². The van der Waals surface area contributed by atoms with Gasteiger partial charge >= 0.3 is 12.4 Å². The lowest BCUT2D eigenvalue weighted by atomic mass is 9.99. The van der Waals surface area contributed by atoms with Gasteiger partial charge in [-0.25, -0.2) is 4.98 Å². The lowest BCUT2D eigenvalue weighted by Crippen LogP contribution is -2.47. The molecule has 2 bridgehead atoms. The first kappa shape index (κ1) is 22.5. The third kappa shape index (κ3) is 4.56. The monoisotopic (exact) mass is 456 g/mol. The van der Waals surface area contributed by atoms with Crippen LogP contribution in [0.4, 0.5) is 32.2 Å². The van der Waals surface area contributed by atoms with Crippen LogP contribution in [0.3, 0.4) is 0 Å². The predicted molar refractivity (Wildman–Crippen MR) is 108 cm³/mol. The molecular weight excluding hydrogens is 434 g/mol. The Morgan fingerprint density at radius 1 is 0.969 bits per heavy atom. The molecule has 3 heterocycles. The number of hydrogen-bond donors (Lipinski definition) is 0. The highest BCUT2D eigenvalue weighted by molar-refractivity contribution is 5.45. The molecule has 0 saturated carbocycles. The van der Waals surface area contributed by atoms with Crippen molar-refractivity contribution in [1.82, 2.24) is 4.98 Å². The molecule has 0 aliphatic carbocycles. The van der Waals surface area contributed by atoms with Gasteiger partial charge in [-0.1, -0.05) is 6.08 Å². The summed E-state index contributed by atoms with van der Waals surface area (Å²) in [4.78, 5) is 6.09. The zero-order chi connectivity index (χ0) is 23.1. The normalized spacial score (nSPS) is 23.3. The molecule has 172 valence electrons. The van der Waals surface area contributed by atoms with E-state index >= 15 is 0 Å². The minimum absolute atomic E-state index is 0.0558. The highest BCUT2D eigenvalue weighted by atomic mass is 19.4. The Labute approximate surface area is 181 Å². The molecule has 2 saturated heterocycles. The Kier molecular flexibility index (Phi) is 5.85. The average molecular weight is 456 g/mol. The Hall–Kier alpha value is -2.71. The van der Waals surface area contributed by atoms with Crippen molar-refractivity contribution >= 4 is 5.82 Å². The minimum atomic E-state index is -4.44. The number of fused-ring (bicyclic) bond motifs is 2. The molecule has 2 fully saturated rings. The van der Waals surface area contributed by atoms with E-state index < -0.39 is 23.5 Å². The van der Waals surface area contributed by atoms with Gasteiger partial charge in [0.2, 0.25) is 0 Å². The van der Waals surface area contributed by atoms with Gasteiger partial charge in [-0.05, 0) is 55.2 Å². The molecule has 9 heteroatoms. The van der Waals surface area contributed by atoms with E-state index in [9.17, 15) is 26.3 Å². The van der Waals surface area contributed by atoms with Crippen LogP contribution in [0.1, 0.15) is 42.4 Å². The second-order valence-corrected chi connectivity index (χ2v) is 8.22. The largest absolute Gasteiger partial charge is 0.490 e. The van der Waals surface area contributed by atoms with Crippen LogP contribution in [0, 0.1) is 0 Å². The minimum Gasteiger partial charge on any atom is -0.490 e. The van der Waals surface area contributed by atoms with E-state index in [0.717, 1.165) is 37.2 Å². The van der Waals surface area contributed by atoms with Gasteiger partial charge in [0.15, 0.2) is 0 Å². The third-order valence-electron chi connectivity index (χ3n) is 6.08. The molecule has 4 rings (SSSR count). The predicted octanol–water partition coefficient (Wildman–Crippen LogP) is 6.43. The van der Waals surface area contributed by atoms with Crippen LogP contribution in [0.15, 0.2) is 49.2 Å². The first-order valence-electron chi connectivity index (χ1n) is 10.4. The summed E-state index contributed by atoms with van der Waals surface area (Å²) in [6.45, 7) is 3.61. The molecule has 0 radical (unpaired) electrons. The van der Waals surface area contributed by atoms with E-state index in [1.807, 2.05) is 0 Å². The zero-order valence-corrected chi connectivity index (χ0v) is 17.1. The SMILES string of the molecule is C=CCc1cc(C(F)(F)F)ccc1O[C@H]1C[C@H]2CC[C@@H](C1)N2c1ccc(C(F)(F)F)cn1. The fraction of sp³-hybridized carbons (Fsp3) is 0.435. The van der Waals surface area contributed by atoms with Crippen molar-refractivity contribution < 1.29 is 31.1 Å². The maximum absolute atomic E-state index is 13.1. The number of pyridine rings is 1. The Morgan fingerprint density at radius 3 is 2.12 bits per heavy atom. The number of alkyl halides is 6. The van der Waals surface area contributed by atoms with Crippen molar-refractivity contribution in [3.63, 3.8) is 0 Å². The summed E-state index contributed by atoms with van der Waals surface area (Å²) in [7, 11) is 0. The molecule has 32 heavy (non-hydrogen) atoms. The molecular formula is C23H22F6N2O. The summed E-state index contributed by atoms with van der Waals surface area (Å²) in [5.74, 6) is 0.911. The fourth-order valence-electron chi connectivity index (χ4n) is 4.67. The summed E-state index contributed by atoms with van der Waals surface area (Å²) in [5.41, 5.74) is -1.09. The van der Waals surface area contributed by atoms with Gasteiger partial charge in [-0.15, -0.1) is 6.58 Å². The van der Waals surface area contributed by atoms with Gasteiger partial charge in [0.1, 0.15) is 17.7 Å². The van der Waals surface area contributed by atoms with Crippen molar-refractivity contribution in [3.05, 3.63) is 65.9 Å². The zero-order valence-electron chi connectivity index (χ0n) is 17.1. The van der Waals surface area contributed by atoms with Gasteiger partial charge in [-0.3, -0.25) is 0 Å². The van der Waals surface area contributed by atoms with Crippen LogP contribution < -0.4 is 9.64 Å². The standard InChI is InChI=1S/C23H22F6N2O/c1-2-3-14-10-15(22(24,25)26)4-8-20(14)32-19-11-17-6-7-18(12-19)31(17)21-9-5-16(13-30-21)23(27,28)29/h2,4-5,8-10,13,17-19H,1,3,6-7,11-12H2/t17-,18+,19+. The highest BCUT2D eigenvalue weighted by Gasteiger charge is 2.43. The summed E-state index contributed by atoms with van der Waals surface area (Å²) >= 11 is 0. The van der Waals surface area contributed by atoms with Crippen LogP contribution in [0.25, 0.3) is 0 Å². The number of nitrogens with zero attached hydrogens (tertiary/aromatic N) is 2. The van der Waals surface area contributed by atoms with Gasteiger partial charge in [0.05, 0.1) is 11.1 Å². The van der Waals surface area contributed by atoms with Crippen molar-refractivity contribution in [2.75, 3.05) is 4.90 Å². The second kappa shape index (κ2) is 8.33. The Bertz CT molecular complexity index is 956. The molecule has 0 unspecified atom stereocenters. The summed E-state index contributed by atoms with van der Waals surface area (Å²) in [5, 5.41) is 0. The van der Waals surface area contributed by atoms with E-state index in [0.29, 0.717) is 30.0 Å². The number of anilines is 1.